The number of methoxy groups -OCH3 is 1. The summed E-state index contributed by atoms with van der Waals surface area (Å²) in [7, 11) is 1.45. The molecule has 0 saturated carbocycles. The van der Waals surface area contributed by atoms with Gasteiger partial charge in [0.1, 0.15) is 12.2 Å². The summed E-state index contributed by atoms with van der Waals surface area (Å²) in [6, 6.07) is 13.1. The van der Waals surface area contributed by atoms with Crippen molar-refractivity contribution in [2.24, 2.45) is 0 Å². The first-order valence-electron chi connectivity index (χ1n) is 11.8. The van der Waals surface area contributed by atoms with Gasteiger partial charge < -0.3 is 14.2 Å². The summed E-state index contributed by atoms with van der Waals surface area (Å²) < 4.78 is 16.8. The Morgan fingerprint density at radius 3 is 2.40 bits per heavy atom. The molecule has 40 heavy (non-hydrogen) atoms. The van der Waals surface area contributed by atoms with Crippen LogP contribution in [0, 0.1) is 0 Å². The molecule has 0 atom stereocenters. The van der Waals surface area contributed by atoms with Crippen molar-refractivity contribution < 1.29 is 33.4 Å². The molecule has 1 heterocycles. The Morgan fingerprint density at radius 1 is 1.02 bits per heavy atom. The summed E-state index contributed by atoms with van der Waals surface area (Å²) in [5, 5.41) is 2.99. The monoisotopic (exact) mass is 646 g/mol. The lowest BCUT2D eigenvalue weighted by Crippen LogP contribution is -2.54. The van der Waals surface area contributed by atoms with Crippen LogP contribution in [-0.2, 0) is 20.9 Å². The molecule has 1 aliphatic heterocycles. The second-order valence-electron chi connectivity index (χ2n) is 8.30. The average Bonchev–Trinajstić information content (AvgIpc) is 2.92. The molecule has 0 spiro atoms. The largest absolute Gasteiger partial charge is 0.493 e. The third-order valence-corrected chi connectivity index (χ3v) is 7.00. The number of hydrogen-bond donors (Lipinski definition) is 1. The zero-order valence-corrected chi connectivity index (χ0v) is 24.2. The lowest BCUT2D eigenvalue weighted by Gasteiger charge is -2.26. The topological polar surface area (TPSA) is 111 Å². The van der Waals surface area contributed by atoms with Crippen LogP contribution in [0.4, 0.5) is 10.5 Å². The summed E-state index contributed by atoms with van der Waals surface area (Å²) in [4.78, 5) is 51.2. The summed E-state index contributed by atoms with van der Waals surface area (Å²) in [5.74, 6) is -1.53. The Kier molecular flexibility index (Phi) is 9.14. The van der Waals surface area contributed by atoms with Gasteiger partial charge >= 0.3 is 12.0 Å². The van der Waals surface area contributed by atoms with E-state index >= 15 is 0 Å². The molecule has 3 aromatic carbocycles. The molecular formula is C28H21BrCl2N2O7. The molecule has 0 radical (unpaired) electrons. The van der Waals surface area contributed by atoms with Gasteiger partial charge in [-0.3, -0.25) is 14.9 Å². The number of halogens is 3. The highest BCUT2D eigenvalue weighted by Crippen LogP contribution is 2.38. The minimum absolute atomic E-state index is 0.166. The van der Waals surface area contributed by atoms with Crippen molar-refractivity contribution in [1.82, 2.24) is 5.32 Å². The number of ether oxygens (including phenoxy) is 3. The molecule has 3 aromatic rings. The molecule has 1 fully saturated rings. The van der Waals surface area contributed by atoms with Crippen molar-refractivity contribution in [3.05, 3.63) is 91.4 Å². The van der Waals surface area contributed by atoms with E-state index in [0.717, 1.165) is 10.5 Å². The number of nitrogens with zero attached hydrogens (tertiary/aromatic N) is 1. The third-order valence-electron chi connectivity index (χ3n) is 5.67. The van der Waals surface area contributed by atoms with Gasteiger partial charge in [0.05, 0.1) is 39.5 Å². The van der Waals surface area contributed by atoms with Crippen LogP contribution in [0.5, 0.6) is 11.5 Å². The predicted molar refractivity (Wildman–Crippen MR) is 153 cm³/mol. The molecule has 1 saturated heterocycles. The van der Waals surface area contributed by atoms with E-state index in [2.05, 4.69) is 21.2 Å². The molecule has 9 nitrogen and oxygen atoms in total. The standard InChI is InChI=1S/C28H21BrCl2N2O7/c1-3-39-27(36)17-5-7-18(8-6-17)33-26(35)19(25(34)32-28(33)37)10-16-11-20(29)24(23(13-16)38-2)40-14-15-4-9-21(30)22(31)12-15/h4-13H,3,14H2,1-2H3,(H,32,34,37)/b19-10+. The van der Waals surface area contributed by atoms with Crippen LogP contribution in [0.25, 0.3) is 6.08 Å². The molecule has 0 unspecified atom stereocenters. The number of hydrogen-bond acceptors (Lipinski definition) is 7. The summed E-state index contributed by atoms with van der Waals surface area (Å²) in [6.07, 6.45) is 1.33. The van der Waals surface area contributed by atoms with Gasteiger partial charge in [-0.25, -0.2) is 14.5 Å². The van der Waals surface area contributed by atoms with Crippen molar-refractivity contribution in [3.63, 3.8) is 0 Å². The van der Waals surface area contributed by atoms with Gasteiger partial charge in [-0.15, -0.1) is 0 Å². The predicted octanol–water partition coefficient (Wildman–Crippen LogP) is 6.19. The molecule has 1 N–H and O–H groups in total. The maximum Gasteiger partial charge on any atom is 0.338 e. The summed E-state index contributed by atoms with van der Waals surface area (Å²) in [6.45, 7) is 2.05. The summed E-state index contributed by atoms with van der Waals surface area (Å²) >= 11 is 15.5. The Hall–Kier alpha value is -3.86. The molecule has 0 bridgehead atoms. The Labute approximate surface area is 247 Å². The van der Waals surface area contributed by atoms with Crippen LogP contribution >= 0.6 is 39.1 Å². The fourth-order valence-corrected chi connectivity index (χ4v) is 4.66. The normalized spacial score (nSPS) is 14.3. The number of carbonyl (C=O) groups excluding carboxylic acids is 4. The molecule has 4 amide bonds. The Bertz CT molecular complexity index is 1540. The van der Waals surface area contributed by atoms with Crippen LogP contribution in [0.3, 0.4) is 0 Å². The Balaban J connectivity index is 1.60. The van der Waals surface area contributed by atoms with E-state index < -0.39 is 23.8 Å². The van der Waals surface area contributed by atoms with Gasteiger partial charge in [0.15, 0.2) is 11.5 Å². The second kappa shape index (κ2) is 12.5. The number of anilines is 1. The minimum atomic E-state index is -0.916. The van der Waals surface area contributed by atoms with Crippen LogP contribution in [-0.4, -0.2) is 37.5 Å². The zero-order valence-electron chi connectivity index (χ0n) is 21.1. The summed E-state index contributed by atoms with van der Waals surface area (Å²) in [5.41, 5.74) is 1.34. The average molecular weight is 648 g/mol. The van der Waals surface area contributed by atoms with Crippen LogP contribution in [0.2, 0.25) is 10.0 Å². The maximum absolute atomic E-state index is 13.3. The number of esters is 1. The van der Waals surface area contributed by atoms with Crippen molar-refractivity contribution in [1.29, 1.82) is 0 Å². The van der Waals surface area contributed by atoms with Gasteiger partial charge in [-0.1, -0.05) is 29.3 Å². The zero-order chi connectivity index (χ0) is 29.0. The van der Waals surface area contributed by atoms with E-state index in [1.54, 1.807) is 37.3 Å². The highest BCUT2D eigenvalue weighted by atomic mass is 79.9. The van der Waals surface area contributed by atoms with Gasteiger partial charge in [-0.05, 0) is 88.6 Å². The number of nitrogens with one attached hydrogen (secondary N) is 1. The fraction of sp³-hybridized carbons (Fsp3) is 0.143. The Morgan fingerprint density at radius 2 is 1.75 bits per heavy atom. The first-order valence-corrected chi connectivity index (χ1v) is 13.3. The molecule has 206 valence electrons. The SMILES string of the molecule is CCOC(=O)c1ccc(N2C(=O)NC(=O)/C(=C\c3cc(Br)c(OCc4ccc(Cl)c(Cl)c4)c(OC)c3)C2=O)cc1. The molecule has 4 rings (SSSR count). The quantitative estimate of drug-likeness (QED) is 0.176. The van der Waals surface area contributed by atoms with E-state index in [0.29, 0.717) is 31.6 Å². The minimum Gasteiger partial charge on any atom is -0.493 e. The van der Waals surface area contributed by atoms with Crippen molar-refractivity contribution >= 4 is 74.7 Å². The van der Waals surface area contributed by atoms with E-state index in [-0.39, 0.29) is 30.0 Å². The highest BCUT2D eigenvalue weighted by Gasteiger charge is 2.37. The molecule has 12 heteroatoms. The van der Waals surface area contributed by atoms with Crippen molar-refractivity contribution in [3.8, 4) is 11.5 Å². The lowest BCUT2D eigenvalue weighted by molar-refractivity contribution is -0.122. The number of imide groups is 2. The van der Waals surface area contributed by atoms with Gasteiger partial charge in [-0.2, -0.15) is 0 Å². The molecule has 0 aromatic heterocycles. The van der Waals surface area contributed by atoms with E-state index in [1.807, 2.05) is 0 Å². The smallest absolute Gasteiger partial charge is 0.338 e. The number of carbonyl (C=O) groups is 4. The van der Waals surface area contributed by atoms with E-state index in [4.69, 9.17) is 37.4 Å². The first kappa shape index (κ1) is 29.1. The molecule has 0 aliphatic carbocycles. The van der Waals surface area contributed by atoms with Crippen molar-refractivity contribution in [2.75, 3.05) is 18.6 Å². The molecule has 1 aliphatic rings. The number of benzene rings is 3. The maximum atomic E-state index is 13.3. The number of rotatable bonds is 8. The number of barbiturate groups is 1. The van der Waals surface area contributed by atoms with Gasteiger partial charge in [0.25, 0.3) is 11.8 Å². The molecular weight excluding hydrogens is 627 g/mol. The van der Waals surface area contributed by atoms with Crippen LogP contribution in [0.15, 0.2) is 64.6 Å². The van der Waals surface area contributed by atoms with E-state index in [1.165, 1.54) is 37.5 Å². The highest BCUT2D eigenvalue weighted by molar-refractivity contribution is 9.10. The second-order valence-corrected chi connectivity index (χ2v) is 9.97. The first-order chi connectivity index (χ1) is 19.1. The van der Waals surface area contributed by atoms with Gasteiger partial charge in [0, 0.05) is 0 Å². The lowest BCUT2D eigenvalue weighted by atomic mass is 10.1. The van der Waals surface area contributed by atoms with Crippen LogP contribution in [0.1, 0.15) is 28.4 Å². The number of amides is 4. The van der Waals surface area contributed by atoms with Crippen LogP contribution < -0.4 is 19.7 Å². The third kappa shape index (κ3) is 6.30. The fourth-order valence-electron chi connectivity index (χ4n) is 3.77. The number of urea groups is 1. The van der Waals surface area contributed by atoms with Crippen molar-refractivity contribution in [2.45, 2.75) is 13.5 Å². The van der Waals surface area contributed by atoms with Gasteiger partial charge in [0.2, 0.25) is 0 Å². The van der Waals surface area contributed by atoms with E-state index in [9.17, 15) is 19.2 Å².